The highest BCUT2D eigenvalue weighted by Crippen LogP contribution is 2.23. The number of hydrogen-bond acceptors (Lipinski definition) is 3. The van der Waals surface area contributed by atoms with Crippen molar-refractivity contribution in [3.8, 4) is 0 Å². The van der Waals surface area contributed by atoms with Crippen LogP contribution in [0, 0.1) is 11.7 Å². The molecule has 2 unspecified atom stereocenters. The Labute approximate surface area is 137 Å². The average Bonchev–Trinajstić information content (AvgIpc) is 2.88. The van der Waals surface area contributed by atoms with Crippen molar-refractivity contribution in [1.29, 1.82) is 0 Å². The number of carbonyl (C=O) groups excluding carboxylic acids is 2. The third kappa shape index (κ3) is 3.79. The van der Waals surface area contributed by atoms with E-state index in [4.69, 9.17) is 11.6 Å². The highest BCUT2D eigenvalue weighted by Gasteiger charge is 2.35. The molecule has 1 fully saturated rings. The summed E-state index contributed by atoms with van der Waals surface area (Å²) in [4.78, 5) is 36.8. The third-order valence-corrected chi connectivity index (χ3v) is 4.08. The van der Waals surface area contributed by atoms with Crippen LogP contribution in [0.2, 0.25) is 5.02 Å². The predicted molar refractivity (Wildman–Crippen MR) is 80.3 cm³/mol. The van der Waals surface area contributed by atoms with Crippen LogP contribution in [0.5, 0.6) is 0 Å². The molecule has 0 radical (unpaired) electrons. The van der Waals surface area contributed by atoms with Gasteiger partial charge in [0.1, 0.15) is 5.82 Å². The third-order valence-electron chi connectivity index (χ3n) is 3.78. The quantitative estimate of drug-likeness (QED) is 0.850. The van der Waals surface area contributed by atoms with Gasteiger partial charge in [-0.3, -0.25) is 9.59 Å². The standard InChI is InChI=1S/C15H16ClFN2O4/c1-2-19-7-9(6-12(19)20)14(21)18-13(15(22)23)8-3-4-10(16)11(17)5-8/h3-5,9,13H,2,6-7H2,1H3,(H,18,21)(H,22,23). The minimum atomic E-state index is -1.40. The number of carboxylic acids is 1. The van der Waals surface area contributed by atoms with Gasteiger partial charge in [0, 0.05) is 19.5 Å². The van der Waals surface area contributed by atoms with Crippen LogP contribution in [0.25, 0.3) is 0 Å². The Morgan fingerprint density at radius 3 is 2.74 bits per heavy atom. The number of nitrogens with zero attached hydrogens (tertiary/aromatic N) is 1. The molecule has 2 N–H and O–H groups in total. The van der Waals surface area contributed by atoms with E-state index in [9.17, 15) is 23.9 Å². The molecule has 2 amide bonds. The summed E-state index contributed by atoms with van der Waals surface area (Å²) in [6.45, 7) is 2.55. The molecule has 124 valence electrons. The van der Waals surface area contributed by atoms with Crippen molar-refractivity contribution in [2.24, 2.45) is 5.92 Å². The minimum absolute atomic E-state index is 0.0427. The van der Waals surface area contributed by atoms with Crippen molar-refractivity contribution < 1.29 is 23.9 Å². The number of likely N-dealkylation sites (tertiary alicyclic amines) is 1. The Morgan fingerprint density at radius 1 is 1.52 bits per heavy atom. The summed E-state index contributed by atoms with van der Waals surface area (Å²) < 4.78 is 13.5. The Morgan fingerprint density at radius 2 is 2.22 bits per heavy atom. The smallest absolute Gasteiger partial charge is 0.330 e. The van der Waals surface area contributed by atoms with Gasteiger partial charge < -0.3 is 15.3 Å². The first-order chi connectivity index (χ1) is 10.8. The van der Waals surface area contributed by atoms with Gasteiger partial charge in [-0.25, -0.2) is 9.18 Å². The van der Waals surface area contributed by atoms with Gasteiger partial charge in [-0.05, 0) is 24.6 Å². The molecule has 1 aromatic carbocycles. The topological polar surface area (TPSA) is 86.7 Å². The maximum Gasteiger partial charge on any atom is 0.330 e. The van der Waals surface area contributed by atoms with Crippen LogP contribution in [0.15, 0.2) is 18.2 Å². The van der Waals surface area contributed by atoms with Gasteiger partial charge in [0.15, 0.2) is 6.04 Å². The Kier molecular flexibility index (Phi) is 5.20. The zero-order chi connectivity index (χ0) is 17.1. The van der Waals surface area contributed by atoms with E-state index in [0.29, 0.717) is 6.54 Å². The molecule has 0 aromatic heterocycles. The summed E-state index contributed by atoms with van der Waals surface area (Å²) in [5.41, 5.74) is 0.0735. The molecule has 1 aliphatic heterocycles. The second-order valence-corrected chi connectivity index (χ2v) is 5.69. The molecule has 0 aliphatic carbocycles. The fraction of sp³-hybridized carbons (Fsp3) is 0.400. The molecule has 1 aromatic rings. The van der Waals surface area contributed by atoms with Crippen LogP contribution >= 0.6 is 11.6 Å². The second kappa shape index (κ2) is 6.95. The number of hydrogen-bond donors (Lipinski definition) is 2. The summed E-state index contributed by atoms with van der Waals surface area (Å²) >= 11 is 5.57. The summed E-state index contributed by atoms with van der Waals surface area (Å²) in [7, 11) is 0. The lowest BCUT2D eigenvalue weighted by atomic mass is 10.0. The predicted octanol–water partition coefficient (Wildman–Crippen LogP) is 1.59. The van der Waals surface area contributed by atoms with Crippen LogP contribution < -0.4 is 5.32 Å². The Hall–Kier alpha value is -2.15. The molecule has 0 saturated carbocycles. The molecule has 0 bridgehead atoms. The number of carboxylic acid groups (broad SMARTS) is 1. The number of benzene rings is 1. The average molecular weight is 343 g/mol. The lowest BCUT2D eigenvalue weighted by molar-refractivity contribution is -0.142. The Bertz CT molecular complexity index is 652. The van der Waals surface area contributed by atoms with Crippen molar-refractivity contribution in [3.63, 3.8) is 0 Å². The summed E-state index contributed by atoms with van der Waals surface area (Å²) in [5.74, 6) is -3.38. The van der Waals surface area contributed by atoms with Crippen LogP contribution in [-0.2, 0) is 14.4 Å². The molecular formula is C15H16ClFN2O4. The van der Waals surface area contributed by atoms with Crippen molar-refractivity contribution in [2.45, 2.75) is 19.4 Å². The largest absolute Gasteiger partial charge is 0.479 e. The van der Waals surface area contributed by atoms with Gasteiger partial charge >= 0.3 is 5.97 Å². The van der Waals surface area contributed by atoms with E-state index >= 15 is 0 Å². The fourth-order valence-corrected chi connectivity index (χ4v) is 2.61. The lowest BCUT2D eigenvalue weighted by Gasteiger charge is -2.18. The normalized spacial score (nSPS) is 18.8. The number of carbonyl (C=O) groups is 3. The van der Waals surface area contributed by atoms with Crippen LogP contribution in [0.4, 0.5) is 4.39 Å². The van der Waals surface area contributed by atoms with E-state index in [0.717, 1.165) is 6.07 Å². The van der Waals surface area contributed by atoms with Crippen molar-refractivity contribution >= 4 is 29.4 Å². The SMILES string of the molecule is CCN1CC(C(=O)NC(C(=O)O)c2ccc(Cl)c(F)c2)CC1=O. The van der Waals surface area contributed by atoms with Gasteiger partial charge in [0.05, 0.1) is 10.9 Å². The highest BCUT2D eigenvalue weighted by molar-refractivity contribution is 6.30. The molecule has 2 atom stereocenters. The fourth-order valence-electron chi connectivity index (χ4n) is 2.49. The number of nitrogens with one attached hydrogen (secondary N) is 1. The number of amides is 2. The van der Waals surface area contributed by atoms with Gasteiger partial charge in [-0.15, -0.1) is 0 Å². The minimum Gasteiger partial charge on any atom is -0.479 e. The van der Waals surface area contributed by atoms with Gasteiger partial charge in [0.2, 0.25) is 11.8 Å². The second-order valence-electron chi connectivity index (χ2n) is 5.29. The van der Waals surface area contributed by atoms with Crippen LogP contribution in [0.1, 0.15) is 24.9 Å². The molecule has 1 heterocycles. The number of halogens is 2. The molecule has 1 saturated heterocycles. The van der Waals surface area contributed by atoms with Crippen molar-refractivity contribution in [1.82, 2.24) is 10.2 Å². The first kappa shape index (κ1) is 17.2. The Balaban J connectivity index is 2.14. The zero-order valence-electron chi connectivity index (χ0n) is 12.4. The molecule has 0 spiro atoms. The lowest BCUT2D eigenvalue weighted by Crippen LogP contribution is -2.38. The number of rotatable bonds is 5. The van der Waals surface area contributed by atoms with Crippen molar-refractivity contribution in [2.75, 3.05) is 13.1 Å². The molecular weight excluding hydrogens is 327 g/mol. The van der Waals surface area contributed by atoms with Gasteiger partial charge in [0.25, 0.3) is 0 Å². The highest BCUT2D eigenvalue weighted by atomic mass is 35.5. The zero-order valence-corrected chi connectivity index (χ0v) is 13.1. The first-order valence-electron chi connectivity index (χ1n) is 7.09. The molecule has 1 aliphatic rings. The summed E-state index contributed by atoms with van der Waals surface area (Å²) in [5, 5.41) is 11.5. The molecule has 2 rings (SSSR count). The summed E-state index contributed by atoms with van der Waals surface area (Å²) in [6, 6.07) is 2.13. The maximum absolute atomic E-state index is 13.5. The van der Waals surface area contributed by atoms with E-state index < -0.39 is 29.7 Å². The van der Waals surface area contributed by atoms with Crippen LogP contribution in [-0.4, -0.2) is 40.9 Å². The summed E-state index contributed by atoms with van der Waals surface area (Å²) in [6.07, 6.45) is 0.0427. The first-order valence-corrected chi connectivity index (χ1v) is 7.47. The van der Waals surface area contributed by atoms with E-state index in [-0.39, 0.29) is 29.5 Å². The van der Waals surface area contributed by atoms with Crippen LogP contribution in [0.3, 0.4) is 0 Å². The molecule has 8 heteroatoms. The number of aliphatic carboxylic acids is 1. The van der Waals surface area contributed by atoms with E-state index in [1.807, 2.05) is 0 Å². The van der Waals surface area contributed by atoms with Crippen molar-refractivity contribution in [3.05, 3.63) is 34.6 Å². The molecule has 23 heavy (non-hydrogen) atoms. The monoisotopic (exact) mass is 342 g/mol. The van der Waals surface area contributed by atoms with E-state index in [2.05, 4.69) is 5.32 Å². The molecule has 6 nitrogen and oxygen atoms in total. The van der Waals surface area contributed by atoms with Gasteiger partial charge in [-0.2, -0.15) is 0 Å². The van der Waals surface area contributed by atoms with Gasteiger partial charge in [-0.1, -0.05) is 17.7 Å². The van der Waals surface area contributed by atoms with E-state index in [1.165, 1.54) is 17.0 Å². The maximum atomic E-state index is 13.5. The van der Waals surface area contributed by atoms with E-state index in [1.54, 1.807) is 6.92 Å².